The first kappa shape index (κ1) is 15.4. The lowest BCUT2D eigenvalue weighted by molar-refractivity contribution is -0.402. The van der Waals surface area contributed by atoms with E-state index in [1.807, 2.05) is 42.5 Å². The summed E-state index contributed by atoms with van der Waals surface area (Å²) in [6.07, 6.45) is 1.39. The van der Waals surface area contributed by atoms with Gasteiger partial charge < -0.3 is 4.42 Å². The first-order valence-electron chi connectivity index (χ1n) is 7.16. The molecule has 0 radical (unpaired) electrons. The van der Waals surface area contributed by atoms with Gasteiger partial charge in [0.1, 0.15) is 4.92 Å². The van der Waals surface area contributed by atoms with Gasteiger partial charge in [0.25, 0.3) is 0 Å². The fourth-order valence-electron chi connectivity index (χ4n) is 2.34. The second-order valence-corrected chi connectivity index (χ2v) is 5.04. The predicted octanol–water partition coefficient (Wildman–Crippen LogP) is 3.03. The molecular weight excluding hydrogens is 310 g/mol. The molecule has 24 heavy (non-hydrogen) atoms. The molecule has 1 aromatic heterocycles. The first-order chi connectivity index (χ1) is 11.6. The van der Waals surface area contributed by atoms with E-state index in [2.05, 4.69) is 10.5 Å². The van der Waals surface area contributed by atoms with Crippen LogP contribution in [0.5, 0.6) is 0 Å². The number of hydrogen-bond acceptors (Lipinski definition) is 5. The van der Waals surface area contributed by atoms with Crippen molar-refractivity contribution in [2.45, 2.75) is 6.42 Å². The van der Waals surface area contributed by atoms with Crippen molar-refractivity contribution in [3.05, 3.63) is 76.0 Å². The number of fused-ring (bicyclic) bond motifs is 1. The van der Waals surface area contributed by atoms with Gasteiger partial charge in [-0.1, -0.05) is 42.5 Å². The largest absolute Gasteiger partial charge is 0.433 e. The molecule has 0 bridgehead atoms. The number of carbonyl (C=O) groups excluding carboxylic acids is 1. The molecule has 0 aliphatic heterocycles. The van der Waals surface area contributed by atoms with Crippen LogP contribution >= 0.6 is 0 Å². The number of carbonyl (C=O) groups is 1. The van der Waals surface area contributed by atoms with Crippen molar-refractivity contribution in [1.82, 2.24) is 5.43 Å². The van der Waals surface area contributed by atoms with Gasteiger partial charge in [0.2, 0.25) is 5.91 Å². The summed E-state index contributed by atoms with van der Waals surface area (Å²) in [6, 6.07) is 16.2. The highest BCUT2D eigenvalue weighted by atomic mass is 16.6. The molecule has 3 rings (SSSR count). The molecule has 1 amide bonds. The molecule has 0 saturated carbocycles. The van der Waals surface area contributed by atoms with Gasteiger partial charge in [0.05, 0.1) is 18.7 Å². The number of amides is 1. The van der Waals surface area contributed by atoms with Crippen LogP contribution in [0, 0.1) is 10.1 Å². The first-order valence-corrected chi connectivity index (χ1v) is 7.16. The zero-order valence-corrected chi connectivity index (χ0v) is 12.5. The fraction of sp³-hybridized carbons (Fsp3) is 0.0588. The molecule has 0 saturated heterocycles. The maximum atomic E-state index is 12.0. The van der Waals surface area contributed by atoms with Crippen molar-refractivity contribution in [2.24, 2.45) is 5.10 Å². The van der Waals surface area contributed by atoms with Gasteiger partial charge in [0, 0.05) is 0 Å². The number of rotatable bonds is 5. The Bertz CT molecular complexity index is 925. The van der Waals surface area contributed by atoms with Crippen molar-refractivity contribution < 1.29 is 14.1 Å². The SMILES string of the molecule is O=C(Cc1cccc2ccccc12)N/N=C/c1ccc([N+](=O)[O-])o1. The fourth-order valence-corrected chi connectivity index (χ4v) is 2.34. The van der Waals surface area contributed by atoms with Crippen LogP contribution in [0.1, 0.15) is 11.3 Å². The van der Waals surface area contributed by atoms with Gasteiger partial charge in [0.15, 0.2) is 5.76 Å². The van der Waals surface area contributed by atoms with E-state index in [4.69, 9.17) is 4.42 Å². The number of nitrogens with one attached hydrogen (secondary N) is 1. The van der Waals surface area contributed by atoms with Gasteiger partial charge in [-0.2, -0.15) is 5.10 Å². The highest BCUT2D eigenvalue weighted by molar-refractivity contribution is 5.90. The van der Waals surface area contributed by atoms with E-state index in [1.165, 1.54) is 18.3 Å². The van der Waals surface area contributed by atoms with E-state index in [0.717, 1.165) is 16.3 Å². The molecule has 7 heteroatoms. The van der Waals surface area contributed by atoms with E-state index in [1.54, 1.807) is 0 Å². The van der Waals surface area contributed by atoms with E-state index in [-0.39, 0.29) is 24.0 Å². The Hall–Kier alpha value is -3.48. The maximum absolute atomic E-state index is 12.0. The predicted molar refractivity (Wildman–Crippen MR) is 88.8 cm³/mol. The molecule has 1 heterocycles. The zero-order chi connectivity index (χ0) is 16.9. The lowest BCUT2D eigenvalue weighted by Crippen LogP contribution is -2.19. The van der Waals surface area contributed by atoms with Crippen LogP contribution < -0.4 is 5.43 Å². The molecule has 0 aliphatic carbocycles. The Kier molecular flexibility index (Phi) is 4.33. The molecule has 3 aromatic rings. The monoisotopic (exact) mass is 323 g/mol. The van der Waals surface area contributed by atoms with E-state index in [0.29, 0.717) is 0 Å². The molecule has 0 aliphatic rings. The summed E-state index contributed by atoms with van der Waals surface area (Å²) in [7, 11) is 0. The summed E-state index contributed by atoms with van der Waals surface area (Å²) >= 11 is 0. The number of hydrogen-bond donors (Lipinski definition) is 1. The number of nitrogens with zero attached hydrogens (tertiary/aromatic N) is 2. The topological polar surface area (TPSA) is 97.7 Å². The van der Waals surface area contributed by atoms with Crippen LogP contribution in [0.15, 0.2) is 64.1 Å². The third kappa shape index (κ3) is 3.46. The average molecular weight is 323 g/mol. The van der Waals surface area contributed by atoms with Crippen LogP contribution in [0.25, 0.3) is 10.8 Å². The van der Waals surface area contributed by atoms with Crippen LogP contribution in [-0.4, -0.2) is 17.0 Å². The minimum Gasteiger partial charge on any atom is -0.400 e. The van der Waals surface area contributed by atoms with E-state index >= 15 is 0 Å². The van der Waals surface area contributed by atoms with Crippen LogP contribution in [-0.2, 0) is 11.2 Å². The Morgan fingerprint density at radius 2 is 1.96 bits per heavy atom. The minimum absolute atomic E-state index is 0.178. The molecule has 0 fully saturated rings. The Labute approximate surface area is 136 Å². The normalized spacial score (nSPS) is 11.0. The summed E-state index contributed by atoms with van der Waals surface area (Å²) < 4.78 is 4.90. The van der Waals surface area contributed by atoms with Crippen molar-refractivity contribution in [3.8, 4) is 0 Å². The Morgan fingerprint density at radius 1 is 1.17 bits per heavy atom. The average Bonchev–Trinajstić information content (AvgIpc) is 3.04. The summed E-state index contributed by atoms with van der Waals surface area (Å²) in [6.45, 7) is 0. The molecule has 0 atom stereocenters. The Morgan fingerprint density at radius 3 is 2.75 bits per heavy atom. The van der Waals surface area contributed by atoms with Crippen molar-refractivity contribution in [1.29, 1.82) is 0 Å². The second kappa shape index (κ2) is 6.74. The molecule has 7 nitrogen and oxygen atoms in total. The summed E-state index contributed by atoms with van der Waals surface area (Å²) in [5, 5.41) is 16.3. The second-order valence-electron chi connectivity index (χ2n) is 5.04. The summed E-state index contributed by atoms with van der Waals surface area (Å²) in [4.78, 5) is 21.9. The molecular formula is C17H13N3O4. The highest BCUT2D eigenvalue weighted by Crippen LogP contribution is 2.18. The highest BCUT2D eigenvalue weighted by Gasteiger charge is 2.10. The minimum atomic E-state index is -0.642. The van der Waals surface area contributed by atoms with E-state index < -0.39 is 4.92 Å². The molecule has 0 unspecified atom stereocenters. The lowest BCUT2D eigenvalue weighted by Gasteiger charge is -2.05. The van der Waals surface area contributed by atoms with Crippen molar-refractivity contribution in [3.63, 3.8) is 0 Å². The van der Waals surface area contributed by atoms with Gasteiger partial charge in [-0.3, -0.25) is 14.9 Å². The van der Waals surface area contributed by atoms with Crippen LogP contribution in [0.2, 0.25) is 0 Å². The standard InChI is InChI=1S/C17H13N3O4/c21-16(19-18-11-14-8-9-17(24-14)20(22)23)10-13-6-3-5-12-4-1-2-7-15(12)13/h1-9,11H,10H2,(H,19,21)/b18-11+. The number of benzene rings is 2. The zero-order valence-electron chi connectivity index (χ0n) is 12.5. The number of furan rings is 1. The van der Waals surface area contributed by atoms with Gasteiger partial charge in [-0.05, 0) is 22.4 Å². The van der Waals surface area contributed by atoms with Crippen LogP contribution in [0.3, 0.4) is 0 Å². The van der Waals surface area contributed by atoms with Gasteiger partial charge in [-0.25, -0.2) is 5.43 Å². The molecule has 2 aromatic carbocycles. The number of hydrazone groups is 1. The van der Waals surface area contributed by atoms with E-state index in [9.17, 15) is 14.9 Å². The Balaban J connectivity index is 1.64. The van der Waals surface area contributed by atoms with Crippen molar-refractivity contribution in [2.75, 3.05) is 0 Å². The lowest BCUT2D eigenvalue weighted by atomic mass is 10.0. The van der Waals surface area contributed by atoms with Gasteiger partial charge >= 0.3 is 5.88 Å². The maximum Gasteiger partial charge on any atom is 0.433 e. The summed E-state index contributed by atoms with van der Waals surface area (Å²) in [5.41, 5.74) is 3.28. The van der Waals surface area contributed by atoms with Crippen LogP contribution in [0.4, 0.5) is 5.88 Å². The number of nitro groups is 1. The molecule has 1 N–H and O–H groups in total. The quantitative estimate of drug-likeness (QED) is 0.443. The third-order valence-electron chi connectivity index (χ3n) is 3.40. The summed E-state index contributed by atoms with van der Waals surface area (Å²) in [5.74, 6) is -0.477. The third-order valence-corrected chi connectivity index (χ3v) is 3.40. The molecule has 120 valence electrons. The smallest absolute Gasteiger partial charge is 0.400 e. The molecule has 0 spiro atoms. The van der Waals surface area contributed by atoms with Crippen molar-refractivity contribution >= 4 is 28.8 Å². The van der Waals surface area contributed by atoms with Gasteiger partial charge in [-0.15, -0.1) is 0 Å².